The molecule has 1 aliphatic rings. The Labute approximate surface area is 237 Å². The summed E-state index contributed by atoms with van der Waals surface area (Å²) in [5.74, 6) is -0.901. The number of nitrogens with one attached hydrogen (secondary N) is 2. The SMILES string of the molecule is COC1=CCC(C/C=C(C)/C=C\C=C\C(=O)NC(C(=O)N/C=C\CC(C/C=C(\C)Cl)OC)C(C)(C)C)OC1=O. The van der Waals surface area contributed by atoms with Crippen LogP contribution in [0.4, 0.5) is 0 Å². The van der Waals surface area contributed by atoms with Crippen molar-refractivity contribution in [3.63, 3.8) is 0 Å². The van der Waals surface area contributed by atoms with Crippen molar-refractivity contribution >= 4 is 29.4 Å². The highest BCUT2D eigenvalue weighted by molar-refractivity contribution is 6.29. The third-order valence-electron chi connectivity index (χ3n) is 5.83. The number of cyclic esters (lactones) is 1. The maximum atomic E-state index is 12.8. The largest absolute Gasteiger partial charge is 0.490 e. The topological polar surface area (TPSA) is 103 Å². The van der Waals surface area contributed by atoms with Gasteiger partial charge in [0.1, 0.15) is 12.1 Å². The summed E-state index contributed by atoms with van der Waals surface area (Å²) in [5.41, 5.74) is 0.455. The van der Waals surface area contributed by atoms with E-state index in [-0.39, 0.29) is 29.8 Å². The van der Waals surface area contributed by atoms with E-state index in [0.29, 0.717) is 30.7 Å². The molecule has 0 aromatic heterocycles. The second-order valence-corrected chi connectivity index (χ2v) is 10.9. The molecule has 8 nitrogen and oxygen atoms in total. The second kappa shape index (κ2) is 17.5. The van der Waals surface area contributed by atoms with Crippen molar-refractivity contribution in [2.24, 2.45) is 5.41 Å². The summed E-state index contributed by atoms with van der Waals surface area (Å²) in [6.07, 6.45) is 17.7. The second-order valence-electron chi connectivity index (χ2n) is 10.3. The summed E-state index contributed by atoms with van der Waals surface area (Å²) in [6, 6.07) is -0.740. The van der Waals surface area contributed by atoms with Crippen LogP contribution in [0, 0.1) is 5.41 Å². The molecule has 1 rings (SSSR count). The molecule has 0 aromatic rings. The Morgan fingerprint density at radius 2 is 1.85 bits per heavy atom. The molecule has 216 valence electrons. The van der Waals surface area contributed by atoms with Crippen LogP contribution >= 0.6 is 11.6 Å². The minimum atomic E-state index is -0.740. The van der Waals surface area contributed by atoms with Gasteiger partial charge in [0.15, 0.2) is 5.76 Å². The number of halogens is 1. The lowest BCUT2D eigenvalue weighted by molar-refractivity contribution is -0.149. The smallest absolute Gasteiger partial charge is 0.373 e. The fourth-order valence-electron chi connectivity index (χ4n) is 3.52. The highest BCUT2D eigenvalue weighted by atomic mass is 35.5. The van der Waals surface area contributed by atoms with Crippen molar-refractivity contribution in [2.45, 2.75) is 78.6 Å². The Kier molecular flexibility index (Phi) is 15.2. The molecular weight excluding hydrogens is 520 g/mol. The van der Waals surface area contributed by atoms with Gasteiger partial charge in [-0.3, -0.25) is 9.59 Å². The molecule has 0 fully saturated rings. The minimum Gasteiger partial charge on any atom is -0.490 e. The van der Waals surface area contributed by atoms with Gasteiger partial charge in [-0.25, -0.2) is 4.79 Å². The summed E-state index contributed by atoms with van der Waals surface area (Å²) < 4.78 is 15.7. The lowest BCUT2D eigenvalue weighted by Crippen LogP contribution is -2.52. The molecule has 39 heavy (non-hydrogen) atoms. The first-order valence-corrected chi connectivity index (χ1v) is 13.3. The van der Waals surface area contributed by atoms with Crippen molar-refractivity contribution in [1.82, 2.24) is 10.6 Å². The summed E-state index contributed by atoms with van der Waals surface area (Å²) in [6.45, 7) is 9.39. The van der Waals surface area contributed by atoms with Crippen molar-refractivity contribution in [2.75, 3.05) is 14.2 Å². The quantitative estimate of drug-likeness (QED) is 0.167. The van der Waals surface area contributed by atoms with Gasteiger partial charge < -0.3 is 24.8 Å². The molecule has 1 aliphatic heterocycles. The fourth-order valence-corrected chi connectivity index (χ4v) is 3.61. The van der Waals surface area contributed by atoms with Crippen molar-refractivity contribution in [3.05, 3.63) is 71.2 Å². The van der Waals surface area contributed by atoms with Crippen LogP contribution < -0.4 is 10.6 Å². The number of hydrogen-bond donors (Lipinski definition) is 2. The summed E-state index contributed by atoms with van der Waals surface area (Å²) >= 11 is 5.87. The van der Waals surface area contributed by atoms with E-state index in [2.05, 4.69) is 10.6 Å². The summed E-state index contributed by atoms with van der Waals surface area (Å²) in [5, 5.41) is 6.25. The van der Waals surface area contributed by atoms with E-state index in [4.69, 9.17) is 25.8 Å². The average molecular weight is 563 g/mol. The van der Waals surface area contributed by atoms with Crippen LogP contribution in [0.3, 0.4) is 0 Å². The average Bonchev–Trinajstić information content (AvgIpc) is 2.87. The monoisotopic (exact) mass is 562 g/mol. The highest BCUT2D eigenvalue weighted by Gasteiger charge is 2.31. The molecule has 9 heteroatoms. The van der Waals surface area contributed by atoms with Gasteiger partial charge in [-0.2, -0.15) is 0 Å². The van der Waals surface area contributed by atoms with E-state index in [1.165, 1.54) is 13.2 Å². The van der Waals surface area contributed by atoms with E-state index in [1.54, 1.807) is 31.5 Å². The van der Waals surface area contributed by atoms with Crippen LogP contribution in [0.1, 0.15) is 60.3 Å². The molecule has 0 bridgehead atoms. The Morgan fingerprint density at radius 1 is 1.15 bits per heavy atom. The molecule has 0 saturated carbocycles. The molecule has 3 atom stereocenters. The van der Waals surface area contributed by atoms with Crippen LogP contribution in [-0.2, 0) is 28.6 Å². The van der Waals surface area contributed by atoms with Crippen molar-refractivity contribution in [1.29, 1.82) is 0 Å². The van der Waals surface area contributed by atoms with Gasteiger partial charge in [-0.05, 0) is 44.4 Å². The number of rotatable bonds is 14. The molecule has 0 spiro atoms. The molecule has 3 unspecified atom stereocenters. The normalized spacial score (nSPS) is 18.7. The lowest BCUT2D eigenvalue weighted by atomic mass is 9.86. The first-order valence-electron chi connectivity index (χ1n) is 12.9. The molecule has 0 aromatic carbocycles. The van der Waals surface area contributed by atoms with Gasteiger partial charge in [0.2, 0.25) is 11.8 Å². The van der Waals surface area contributed by atoms with E-state index in [1.807, 2.05) is 58.9 Å². The molecule has 2 amide bonds. The first kappa shape index (κ1) is 33.9. The molecular formula is C30H43ClN2O6. The number of carbonyl (C=O) groups is 3. The van der Waals surface area contributed by atoms with Crippen LogP contribution in [0.25, 0.3) is 0 Å². The van der Waals surface area contributed by atoms with E-state index in [9.17, 15) is 14.4 Å². The van der Waals surface area contributed by atoms with Crippen molar-refractivity contribution in [3.8, 4) is 0 Å². The third kappa shape index (κ3) is 14.0. The Balaban J connectivity index is 2.60. The number of carbonyl (C=O) groups excluding carboxylic acids is 3. The summed E-state index contributed by atoms with van der Waals surface area (Å²) in [7, 11) is 3.07. The third-order valence-corrected chi connectivity index (χ3v) is 5.99. The van der Waals surface area contributed by atoms with Crippen LogP contribution in [0.15, 0.2) is 71.2 Å². The zero-order valence-corrected chi connectivity index (χ0v) is 24.8. The number of amides is 2. The van der Waals surface area contributed by atoms with Gasteiger partial charge in [-0.15, -0.1) is 0 Å². The van der Waals surface area contributed by atoms with Crippen molar-refractivity contribution < 1.29 is 28.6 Å². The summed E-state index contributed by atoms with van der Waals surface area (Å²) in [4.78, 5) is 37.1. The molecule has 1 heterocycles. The first-order chi connectivity index (χ1) is 18.4. The Hall–Kier alpha value is -3.10. The Morgan fingerprint density at radius 3 is 2.44 bits per heavy atom. The molecule has 0 saturated heterocycles. The lowest BCUT2D eigenvalue weighted by Gasteiger charge is -2.29. The van der Waals surface area contributed by atoms with Crippen LogP contribution in [-0.4, -0.2) is 50.3 Å². The predicted molar refractivity (Wildman–Crippen MR) is 155 cm³/mol. The van der Waals surface area contributed by atoms with E-state index >= 15 is 0 Å². The zero-order chi connectivity index (χ0) is 29.4. The van der Waals surface area contributed by atoms with Gasteiger partial charge in [0.05, 0.1) is 13.2 Å². The highest BCUT2D eigenvalue weighted by Crippen LogP contribution is 2.20. The number of esters is 1. The molecule has 0 radical (unpaired) electrons. The molecule has 0 aliphatic carbocycles. The van der Waals surface area contributed by atoms with E-state index < -0.39 is 17.4 Å². The minimum absolute atomic E-state index is 0.0484. The fraction of sp³-hybridized carbons (Fsp3) is 0.500. The van der Waals surface area contributed by atoms with Gasteiger partial charge in [0, 0.05) is 31.1 Å². The maximum absolute atomic E-state index is 12.8. The number of allylic oxidation sites excluding steroid dienone is 5. The standard InChI is InChI=1S/C30H43ClN2O6/c1-21(14-16-24-18-19-25(38-7)29(36)39-24)11-8-9-13-26(34)33-27(30(3,4)5)28(35)32-20-10-12-23(37-6)17-15-22(2)31/h8-11,13-15,19-20,23-24,27H,12,16-18H2,1-7H3,(H,32,35)(H,33,34)/b11-8-,13-9+,20-10-,21-14+,22-15+. The van der Waals surface area contributed by atoms with Gasteiger partial charge in [0.25, 0.3) is 0 Å². The van der Waals surface area contributed by atoms with Gasteiger partial charge in [-0.1, -0.05) is 74.4 Å². The Bertz CT molecular complexity index is 1010. The number of hydrogen-bond acceptors (Lipinski definition) is 6. The predicted octanol–water partition coefficient (Wildman–Crippen LogP) is 5.38. The zero-order valence-electron chi connectivity index (χ0n) is 24.1. The molecule has 2 N–H and O–H groups in total. The van der Waals surface area contributed by atoms with Crippen LogP contribution in [0.2, 0.25) is 0 Å². The number of methoxy groups -OCH3 is 2. The maximum Gasteiger partial charge on any atom is 0.373 e. The number of ether oxygens (including phenoxy) is 3. The van der Waals surface area contributed by atoms with Gasteiger partial charge >= 0.3 is 5.97 Å². The van der Waals surface area contributed by atoms with Crippen LogP contribution in [0.5, 0.6) is 0 Å². The van der Waals surface area contributed by atoms with E-state index in [0.717, 1.165) is 5.57 Å².